The predicted octanol–water partition coefficient (Wildman–Crippen LogP) is 2.97. The molecule has 0 atom stereocenters. The van der Waals surface area contributed by atoms with E-state index in [1.807, 2.05) is 6.92 Å². The largest absolute Gasteiger partial charge is 0.443 e. The minimum Gasteiger partial charge on any atom is -0.312 e. The molecule has 1 aromatic rings. The molecule has 0 saturated heterocycles. The van der Waals surface area contributed by atoms with E-state index in [4.69, 9.17) is 0 Å². The second kappa shape index (κ2) is 4.94. The molecule has 0 unspecified atom stereocenters. The van der Waals surface area contributed by atoms with Gasteiger partial charge in [-0.2, -0.15) is 13.2 Å². The van der Waals surface area contributed by atoms with Gasteiger partial charge in [-0.3, -0.25) is 0 Å². The maximum atomic E-state index is 12.3. The first kappa shape index (κ1) is 12.4. The van der Waals surface area contributed by atoms with Crippen LogP contribution in [0.15, 0.2) is 0 Å². The Morgan fingerprint density at radius 3 is 2.53 bits per heavy atom. The van der Waals surface area contributed by atoms with E-state index in [1.165, 1.54) is 0 Å². The van der Waals surface area contributed by atoms with Crippen molar-refractivity contribution in [1.29, 1.82) is 0 Å². The monoisotopic (exact) mass is 238 g/mol. The molecular formula is C9H13F3N2S. The average Bonchev–Trinajstić information content (AvgIpc) is 2.48. The lowest BCUT2D eigenvalue weighted by atomic mass is 10.4. The van der Waals surface area contributed by atoms with Crippen molar-refractivity contribution in [3.05, 3.63) is 15.6 Å². The third-order valence-corrected chi connectivity index (χ3v) is 3.05. The first-order chi connectivity index (χ1) is 6.95. The quantitative estimate of drug-likeness (QED) is 0.816. The first-order valence-electron chi connectivity index (χ1n) is 4.69. The summed E-state index contributed by atoms with van der Waals surface area (Å²) in [7, 11) is 0. The third kappa shape index (κ3) is 3.46. The summed E-state index contributed by atoms with van der Waals surface area (Å²) >= 11 is 0.718. The van der Waals surface area contributed by atoms with Crippen LogP contribution in [0.25, 0.3) is 0 Å². The van der Waals surface area contributed by atoms with Crippen molar-refractivity contribution in [3.8, 4) is 0 Å². The highest BCUT2D eigenvalue weighted by Gasteiger charge is 2.35. The fraction of sp³-hybridized carbons (Fsp3) is 0.667. The van der Waals surface area contributed by atoms with Gasteiger partial charge in [0.25, 0.3) is 0 Å². The summed E-state index contributed by atoms with van der Waals surface area (Å²) in [5, 5.41) is 2.30. The van der Waals surface area contributed by atoms with E-state index < -0.39 is 11.2 Å². The number of rotatable bonds is 4. The maximum absolute atomic E-state index is 12.3. The molecule has 15 heavy (non-hydrogen) atoms. The van der Waals surface area contributed by atoms with Gasteiger partial charge in [0, 0.05) is 11.4 Å². The maximum Gasteiger partial charge on any atom is 0.443 e. The highest BCUT2D eigenvalue weighted by Crippen LogP contribution is 2.33. The number of thiazole rings is 1. The van der Waals surface area contributed by atoms with Gasteiger partial charge in [-0.15, -0.1) is 11.3 Å². The Balaban J connectivity index is 2.69. The standard InChI is InChI=1S/C9H13F3N2S/c1-3-4-13-5-7-6(2)14-8(15-7)9(10,11)12/h13H,3-5H2,1-2H3. The molecule has 0 fully saturated rings. The van der Waals surface area contributed by atoms with Gasteiger partial charge < -0.3 is 5.32 Å². The normalized spacial score (nSPS) is 12.1. The van der Waals surface area contributed by atoms with Crippen molar-refractivity contribution < 1.29 is 13.2 Å². The van der Waals surface area contributed by atoms with Gasteiger partial charge in [0.05, 0.1) is 5.69 Å². The van der Waals surface area contributed by atoms with E-state index in [-0.39, 0.29) is 0 Å². The molecule has 1 N–H and O–H groups in total. The number of nitrogens with one attached hydrogen (secondary N) is 1. The molecular weight excluding hydrogens is 225 g/mol. The Bertz CT molecular complexity index is 320. The molecule has 2 nitrogen and oxygen atoms in total. The minimum absolute atomic E-state index is 0.466. The Kier molecular flexibility index (Phi) is 4.10. The Morgan fingerprint density at radius 2 is 2.07 bits per heavy atom. The average molecular weight is 238 g/mol. The topological polar surface area (TPSA) is 24.9 Å². The molecule has 0 aliphatic heterocycles. The lowest BCUT2D eigenvalue weighted by Gasteiger charge is -2.00. The molecule has 0 spiro atoms. The number of nitrogens with zero attached hydrogens (tertiary/aromatic N) is 1. The summed E-state index contributed by atoms with van der Waals surface area (Å²) in [6.07, 6.45) is -3.36. The van der Waals surface area contributed by atoms with Crippen LogP contribution in [0, 0.1) is 6.92 Å². The van der Waals surface area contributed by atoms with Crippen molar-refractivity contribution in [3.63, 3.8) is 0 Å². The van der Waals surface area contributed by atoms with Crippen LogP contribution < -0.4 is 5.32 Å². The molecule has 1 rings (SSSR count). The molecule has 0 aliphatic rings. The zero-order chi connectivity index (χ0) is 11.5. The summed E-state index contributed by atoms with van der Waals surface area (Å²) in [6.45, 7) is 4.88. The number of hydrogen-bond acceptors (Lipinski definition) is 3. The molecule has 86 valence electrons. The first-order valence-corrected chi connectivity index (χ1v) is 5.51. The predicted molar refractivity (Wildman–Crippen MR) is 53.9 cm³/mol. The van der Waals surface area contributed by atoms with Crippen LogP contribution in [0.4, 0.5) is 13.2 Å². The van der Waals surface area contributed by atoms with Crippen LogP contribution in [0.2, 0.25) is 0 Å². The molecule has 0 radical (unpaired) electrons. The van der Waals surface area contributed by atoms with Crippen LogP contribution in [-0.2, 0) is 12.7 Å². The molecule has 6 heteroatoms. The molecule has 1 aromatic heterocycles. The summed E-state index contributed by atoms with van der Waals surface area (Å²) < 4.78 is 36.9. The second-order valence-electron chi connectivity index (χ2n) is 3.20. The van der Waals surface area contributed by atoms with Crippen LogP contribution in [-0.4, -0.2) is 11.5 Å². The molecule has 0 saturated carbocycles. The highest BCUT2D eigenvalue weighted by molar-refractivity contribution is 7.11. The van der Waals surface area contributed by atoms with E-state index in [0.717, 1.165) is 24.3 Å². The van der Waals surface area contributed by atoms with Crippen LogP contribution in [0.5, 0.6) is 0 Å². The number of alkyl halides is 3. The summed E-state index contributed by atoms with van der Waals surface area (Å²) in [4.78, 5) is 4.18. The molecule has 1 heterocycles. The molecule has 0 amide bonds. The van der Waals surface area contributed by atoms with Gasteiger partial charge in [0.2, 0.25) is 0 Å². The van der Waals surface area contributed by atoms with Crippen LogP contribution in [0.1, 0.15) is 28.9 Å². The fourth-order valence-electron chi connectivity index (χ4n) is 1.09. The van der Waals surface area contributed by atoms with Crippen molar-refractivity contribution in [2.75, 3.05) is 6.54 Å². The summed E-state index contributed by atoms with van der Waals surface area (Å²) in [6, 6.07) is 0. The molecule has 0 bridgehead atoms. The Labute approximate surface area is 90.5 Å². The number of halogens is 3. The number of hydrogen-bond donors (Lipinski definition) is 1. The number of aromatic nitrogens is 1. The van der Waals surface area contributed by atoms with E-state index in [9.17, 15) is 13.2 Å². The van der Waals surface area contributed by atoms with Gasteiger partial charge in [0.1, 0.15) is 0 Å². The van der Waals surface area contributed by atoms with Crippen molar-refractivity contribution in [2.24, 2.45) is 0 Å². The van der Waals surface area contributed by atoms with Gasteiger partial charge in [-0.05, 0) is 19.9 Å². The molecule has 0 aromatic carbocycles. The zero-order valence-corrected chi connectivity index (χ0v) is 9.43. The second-order valence-corrected chi connectivity index (χ2v) is 4.29. The summed E-state index contributed by atoms with van der Waals surface area (Å²) in [5.74, 6) is 0. The lowest BCUT2D eigenvalue weighted by Crippen LogP contribution is -2.13. The van der Waals surface area contributed by atoms with Gasteiger partial charge in [0.15, 0.2) is 5.01 Å². The van der Waals surface area contributed by atoms with Gasteiger partial charge in [-0.1, -0.05) is 6.92 Å². The fourth-order valence-corrected chi connectivity index (χ4v) is 1.99. The SMILES string of the molecule is CCCNCc1sc(C(F)(F)F)nc1C. The lowest BCUT2D eigenvalue weighted by molar-refractivity contribution is -0.137. The van der Waals surface area contributed by atoms with E-state index in [1.54, 1.807) is 6.92 Å². The van der Waals surface area contributed by atoms with Gasteiger partial charge in [-0.25, -0.2) is 4.98 Å². The van der Waals surface area contributed by atoms with Crippen molar-refractivity contribution >= 4 is 11.3 Å². The zero-order valence-electron chi connectivity index (χ0n) is 8.61. The smallest absolute Gasteiger partial charge is 0.312 e. The Morgan fingerprint density at radius 1 is 1.40 bits per heavy atom. The van der Waals surface area contributed by atoms with Crippen molar-refractivity contribution in [2.45, 2.75) is 33.0 Å². The third-order valence-electron chi connectivity index (χ3n) is 1.85. The van der Waals surface area contributed by atoms with Crippen LogP contribution >= 0.6 is 11.3 Å². The van der Waals surface area contributed by atoms with Crippen LogP contribution in [0.3, 0.4) is 0 Å². The van der Waals surface area contributed by atoms with E-state index >= 15 is 0 Å². The Hall–Kier alpha value is -0.620. The van der Waals surface area contributed by atoms with Gasteiger partial charge >= 0.3 is 6.18 Å². The highest BCUT2D eigenvalue weighted by atomic mass is 32.1. The van der Waals surface area contributed by atoms with Crippen molar-refractivity contribution in [1.82, 2.24) is 10.3 Å². The van der Waals surface area contributed by atoms with E-state index in [2.05, 4.69) is 10.3 Å². The summed E-state index contributed by atoms with van der Waals surface area (Å²) in [5.41, 5.74) is 0.468. The minimum atomic E-state index is -4.32. The number of aryl methyl sites for hydroxylation is 1. The van der Waals surface area contributed by atoms with E-state index in [0.29, 0.717) is 17.1 Å². The molecule has 0 aliphatic carbocycles.